The number of hydrogen-bond acceptors (Lipinski definition) is 4. The summed E-state index contributed by atoms with van der Waals surface area (Å²) in [5.41, 5.74) is 3.59. The van der Waals surface area contributed by atoms with E-state index in [-0.39, 0.29) is 6.04 Å². The molecular formula is C24H27N3O2S. The molecule has 6 heteroatoms. The number of piperidine rings is 1. The molecule has 0 aliphatic carbocycles. The van der Waals surface area contributed by atoms with Crippen LogP contribution in [0.5, 0.6) is 0 Å². The molecule has 1 fully saturated rings. The average Bonchev–Trinajstić information content (AvgIpc) is 2.78. The van der Waals surface area contributed by atoms with E-state index < -0.39 is 10.0 Å². The molecule has 1 saturated heterocycles. The molecule has 0 saturated carbocycles. The number of fused-ring (bicyclic) bond motifs is 2. The number of aromatic nitrogens is 1. The molecule has 3 heterocycles. The number of benzene rings is 2. The van der Waals surface area contributed by atoms with Crippen LogP contribution in [-0.2, 0) is 23.0 Å². The van der Waals surface area contributed by atoms with E-state index in [9.17, 15) is 8.42 Å². The summed E-state index contributed by atoms with van der Waals surface area (Å²) >= 11 is 0. The summed E-state index contributed by atoms with van der Waals surface area (Å²) in [6.45, 7) is 4.40. The van der Waals surface area contributed by atoms with Crippen molar-refractivity contribution in [1.29, 1.82) is 0 Å². The van der Waals surface area contributed by atoms with Crippen LogP contribution in [0.25, 0.3) is 10.9 Å². The Morgan fingerprint density at radius 1 is 0.967 bits per heavy atom. The standard InChI is InChI=1S/C24H27N3O2S/c1-18-6-4-5-14-27(18)30(28,29)22-10-11-23-20(16-22)9-12-24(25-23)26-15-13-19-7-2-3-8-21(19)17-26/h2-3,7-12,16,18H,4-6,13-15,17H2,1H3. The predicted octanol–water partition coefficient (Wildman–Crippen LogP) is 4.36. The first kappa shape index (κ1) is 19.5. The van der Waals surface area contributed by atoms with E-state index >= 15 is 0 Å². The number of nitrogens with zero attached hydrogens (tertiary/aromatic N) is 3. The second-order valence-corrected chi connectivity index (χ2v) is 10.3. The van der Waals surface area contributed by atoms with Crippen LogP contribution in [0, 0.1) is 0 Å². The maximum Gasteiger partial charge on any atom is 0.243 e. The first-order valence-electron chi connectivity index (χ1n) is 10.8. The van der Waals surface area contributed by atoms with Crippen LogP contribution in [0.4, 0.5) is 5.82 Å². The first-order valence-corrected chi connectivity index (χ1v) is 12.2. The zero-order valence-electron chi connectivity index (χ0n) is 17.3. The molecule has 0 bridgehead atoms. The third-order valence-corrected chi connectivity index (χ3v) is 8.46. The number of sulfonamides is 1. The third kappa shape index (κ3) is 3.48. The maximum absolute atomic E-state index is 13.2. The number of rotatable bonds is 3. The molecule has 2 aromatic carbocycles. The molecule has 0 amide bonds. The zero-order valence-corrected chi connectivity index (χ0v) is 18.1. The van der Waals surface area contributed by atoms with Crippen molar-refractivity contribution in [1.82, 2.24) is 9.29 Å². The van der Waals surface area contributed by atoms with Gasteiger partial charge in [-0.15, -0.1) is 0 Å². The lowest BCUT2D eigenvalue weighted by Crippen LogP contribution is -2.41. The number of anilines is 1. The van der Waals surface area contributed by atoms with Gasteiger partial charge >= 0.3 is 0 Å². The summed E-state index contributed by atoms with van der Waals surface area (Å²) in [5, 5.41) is 0.863. The van der Waals surface area contributed by atoms with Gasteiger partial charge in [-0.1, -0.05) is 30.7 Å². The van der Waals surface area contributed by atoms with Gasteiger partial charge in [-0.05, 0) is 67.6 Å². The Morgan fingerprint density at radius 2 is 1.80 bits per heavy atom. The van der Waals surface area contributed by atoms with Crippen LogP contribution in [0.3, 0.4) is 0 Å². The fraction of sp³-hybridized carbons (Fsp3) is 0.375. The largest absolute Gasteiger partial charge is 0.352 e. The van der Waals surface area contributed by atoms with E-state index in [1.54, 1.807) is 16.4 Å². The van der Waals surface area contributed by atoms with Gasteiger partial charge in [0.15, 0.2) is 0 Å². The second-order valence-electron chi connectivity index (χ2n) is 8.42. The third-order valence-electron chi connectivity index (χ3n) is 6.45. The van der Waals surface area contributed by atoms with Crippen molar-refractivity contribution < 1.29 is 8.42 Å². The van der Waals surface area contributed by atoms with Crippen molar-refractivity contribution >= 4 is 26.7 Å². The van der Waals surface area contributed by atoms with Gasteiger partial charge < -0.3 is 4.90 Å². The molecular weight excluding hydrogens is 394 g/mol. The Morgan fingerprint density at radius 3 is 2.63 bits per heavy atom. The van der Waals surface area contributed by atoms with Crippen LogP contribution in [-0.4, -0.2) is 36.8 Å². The van der Waals surface area contributed by atoms with Gasteiger partial charge in [0.2, 0.25) is 10.0 Å². The summed E-state index contributed by atoms with van der Waals surface area (Å²) in [6.07, 6.45) is 3.97. The van der Waals surface area contributed by atoms with Gasteiger partial charge in [0.1, 0.15) is 5.82 Å². The molecule has 0 N–H and O–H groups in total. The van der Waals surface area contributed by atoms with E-state index in [0.717, 1.165) is 55.5 Å². The monoisotopic (exact) mass is 421 g/mol. The van der Waals surface area contributed by atoms with Crippen molar-refractivity contribution in [3.8, 4) is 0 Å². The topological polar surface area (TPSA) is 53.5 Å². The van der Waals surface area contributed by atoms with E-state index in [2.05, 4.69) is 29.2 Å². The highest BCUT2D eigenvalue weighted by Crippen LogP contribution is 2.29. The summed E-state index contributed by atoms with van der Waals surface area (Å²) in [7, 11) is -3.47. The van der Waals surface area contributed by atoms with Crippen molar-refractivity contribution in [3.05, 3.63) is 65.7 Å². The number of pyridine rings is 1. The lowest BCUT2D eigenvalue weighted by atomic mass is 10.00. The minimum atomic E-state index is -3.47. The van der Waals surface area contributed by atoms with Crippen LogP contribution in [0.2, 0.25) is 0 Å². The second kappa shape index (κ2) is 7.67. The van der Waals surface area contributed by atoms with E-state index in [4.69, 9.17) is 4.98 Å². The molecule has 5 nitrogen and oxygen atoms in total. The SMILES string of the molecule is CC1CCCCN1S(=O)(=O)c1ccc2nc(N3CCc4ccccc4C3)ccc2c1. The van der Waals surface area contributed by atoms with Crippen molar-refractivity contribution in [2.75, 3.05) is 18.0 Å². The van der Waals surface area contributed by atoms with Crippen molar-refractivity contribution in [2.24, 2.45) is 0 Å². The number of hydrogen-bond donors (Lipinski definition) is 0. The Balaban J connectivity index is 1.43. The lowest BCUT2D eigenvalue weighted by Gasteiger charge is -2.32. The molecule has 1 atom stereocenters. The highest BCUT2D eigenvalue weighted by Gasteiger charge is 2.31. The van der Waals surface area contributed by atoms with Gasteiger partial charge in [-0.3, -0.25) is 0 Å². The molecule has 156 valence electrons. The Bertz CT molecular complexity index is 1190. The Labute approximate surface area is 178 Å². The average molecular weight is 422 g/mol. The highest BCUT2D eigenvalue weighted by molar-refractivity contribution is 7.89. The smallest absolute Gasteiger partial charge is 0.243 e. The van der Waals surface area contributed by atoms with Crippen LogP contribution < -0.4 is 4.90 Å². The van der Waals surface area contributed by atoms with Gasteiger partial charge in [0.05, 0.1) is 10.4 Å². The normalized spacial score (nSPS) is 20.3. The van der Waals surface area contributed by atoms with Gasteiger partial charge in [-0.25, -0.2) is 13.4 Å². The summed E-state index contributed by atoms with van der Waals surface area (Å²) in [6, 6.07) is 18.0. The minimum Gasteiger partial charge on any atom is -0.352 e. The van der Waals surface area contributed by atoms with Crippen LogP contribution in [0.1, 0.15) is 37.3 Å². The summed E-state index contributed by atoms with van der Waals surface area (Å²) < 4.78 is 28.0. The van der Waals surface area contributed by atoms with Crippen LogP contribution in [0.15, 0.2) is 59.5 Å². The quantitative estimate of drug-likeness (QED) is 0.631. The zero-order chi connectivity index (χ0) is 20.7. The van der Waals surface area contributed by atoms with Gasteiger partial charge in [0, 0.05) is 31.1 Å². The fourth-order valence-corrected chi connectivity index (χ4v) is 6.42. The molecule has 2 aliphatic heterocycles. The molecule has 0 spiro atoms. The molecule has 3 aromatic rings. The Kier molecular flexibility index (Phi) is 4.99. The highest BCUT2D eigenvalue weighted by atomic mass is 32.2. The molecule has 1 aromatic heterocycles. The molecule has 30 heavy (non-hydrogen) atoms. The molecule has 5 rings (SSSR count). The van der Waals surface area contributed by atoms with Crippen molar-refractivity contribution in [3.63, 3.8) is 0 Å². The van der Waals surface area contributed by atoms with E-state index in [1.807, 2.05) is 25.1 Å². The molecule has 0 radical (unpaired) electrons. The maximum atomic E-state index is 13.2. The molecule has 2 aliphatic rings. The van der Waals surface area contributed by atoms with Crippen molar-refractivity contribution in [2.45, 2.75) is 50.1 Å². The predicted molar refractivity (Wildman–Crippen MR) is 120 cm³/mol. The van der Waals surface area contributed by atoms with Crippen LogP contribution >= 0.6 is 0 Å². The summed E-state index contributed by atoms with van der Waals surface area (Å²) in [5.74, 6) is 0.942. The first-order chi connectivity index (χ1) is 14.5. The minimum absolute atomic E-state index is 0.0573. The van der Waals surface area contributed by atoms with E-state index in [1.165, 1.54) is 11.1 Å². The van der Waals surface area contributed by atoms with Gasteiger partial charge in [0.25, 0.3) is 0 Å². The summed E-state index contributed by atoms with van der Waals surface area (Å²) in [4.78, 5) is 7.50. The van der Waals surface area contributed by atoms with Gasteiger partial charge in [-0.2, -0.15) is 4.31 Å². The van der Waals surface area contributed by atoms with E-state index in [0.29, 0.717) is 11.4 Å². The Hall–Kier alpha value is -2.44. The molecule has 1 unspecified atom stereocenters. The lowest BCUT2D eigenvalue weighted by molar-refractivity contribution is 0.268. The fourth-order valence-electron chi connectivity index (χ4n) is 4.68.